The first-order chi connectivity index (χ1) is 17.1. The maximum Gasteiger partial charge on any atom is 0.337 e. The Labute approximate surface area is 204 Å². The van der Waals surface area contributed by atoms with Crippen molar-refractivity contribution in [2.24, 2.45) is 4.99 Å². The molecule has 0 saturated carbocycles. The van der Waals surface area contributed by atoms with E-state index in [1.54, 1.807) is 12.1 Å². The van der Waals surface area contributed by atoms with E-state index in [1.807, 2.05) is 48.5 Å². The minimum Gasteiger partial charge on any atom is -0.494 e. The number of benzene rings is 3. The van der Waals surface area contributed by atoms with Gasteiger partial charge in [-0.15, -0.1) is 0 Å². The molecule has 35 heavy (non-hydrogen) atoms. The predicted octanol–water partition coefficient (Wildman–Crippen LogP) is 4.23. The number of nitrogens with one attached hydrogen (secondary N) is 2. The highest BCUT2D eigenvalue weighted by Gasteiger charge is 2.20. The summed E-state index contributed by atoms with van der Waals surface area (Å²) in [5.74, 6) is -0.430. The first-order valence-corrected chi connectivity index (χ1v) is 11.7. The number of hydrogen-bond acceptors (Lipinski definition) is 6. The lowest BCUT2D eigenvalue weighted by Crippen LogP contribution is -2.42. The van der Waals surface area contributed by atoms with Crippen molar-refractivity contribution in [2.45, 2.75) is 6.54 Å². The Morgan fingerprint density at radius 1 is 1.00 bits per heavy atom. The molecular formula is C28H28N4O3. The van der Waals surface area contributed by atoms with E-state index >= 15 is 0 Å². The summed E-state index contributed by atoms with van der Waals surface area (Å²) in [6.45, 7) is 5.07. The number of esters is 1. The van der Waals surface area contributed by atoms with Crippen molar-refractivity contribution in [3.63, 3.8) is 0 Å². The molecule has 3 aromatic carbocycles. The average Bonchev–Trinajstić information content (AvgIpc) is 3.23. The fourth-order valence-corrected chi connectivity index (χ4v) is 4.46. The van der Waals surface area contributed by atoms with Crippen LogP contribution in [0.5, 0.6) is 5.88 Å². The Hall–Kier alpha value is -3.94. The molecule has 1 aromatic heterocycles. The zero-order valence-electron chi connectivity index (χ0n) is 19.6. The van der Waals surface area contributed by atoms with E-state index in [0.29, 0.717) is 22.4 Å². The molecule has 7 nitrogen and oxygen atoms in total. The van der Waals surface area contributed by atoms with Gasteiger partial charge in [-0.1, -0.05) is 48.5 Å². The normalized spacial score (nSPS) is 14.8. The van der Waals surface area contributed by atoms with Gasteiger partial charge in [-0.25, -0.2) is 9.79 Å². The van der Waals surface area contributed by atoms with E-state index in [9.17, 15) is 9.90 Å². The van der Waals surface area contributed by atoms with Gasteiger partial charge in [0.2, 0.25) is 0 Å². The SMILES string of the molecule is COC(=O)c1ccc2c(C(=Nc3ccc(CN4CCNCC4)cc3)c3ccccc3)c(O)[nH]c2c1. The summed E-state index contributed by atoms with van der Waals surface area (Å²) in [7, 11) is 1.35. The highest BCUT2D eigenvalue weighted by molar-refractivity contribution is 6.22. The first-order valence-electron chi connectivity index (χ1n) is 11.7. The number of ether oxygens (including phenoxy) is 1. The van der Waals surface area contributed by atoms with Crippen LogP contribution < -0.4 is 5.32 Å². The maximum absolute atomic E-state index is 12.0. The van der Waals surface area contributed by atoms with Crippen LogP contribution in [-0.4, -0.2) is 60.0 Å². The zero-order chi connectivity index (χ0) is 24.2. The van der Waals surface area contributed by atoms with Crippen LogP contribution in [-0.2, 0) is 11.3 Å². The summed E-state index contributed by atoms with van der Waals surface area (Å²) in [5, 5.41) is 15.0. The quantitative estimate of drug-likeness (QED) is 0.291. The molecule has 1 aliphatic rings. The Balaban J connectivity index is 1.53. The molecule has 1 aliphatic heterocycles. The number of aromatic hydroxyl groups is 1. The van der Waals surface area contributed by atoms with Gasteiger partial charge in [0.25, 0.3) is 0 Å². The molecular weight excluding hydrogens is 440 g/mol. The Morgan fingerprint density at radius 2 is 1.74 bits per heavy atom. The van der Waals surface area contributed by atoms with Crippen molar-refractivity contribution in [3.05, 3.63) is 95.1 Å². The van der Waals surface area contributed by atoms with Gasteiger partial charge >= 0.3 is 5.97 Å². The van der Waals surface area contributed by atoms with Crippen molar-refractivity contribution < 1.29 is 14.6 Å². The number of aromatic nitrogens is 1. The smallest absolute Gasteiger partial charge is 0.337 e. The second kappa shape index (κ2) is 10.1. The van der Waals surface area contributed by atoms with E-state index in [1.165, 1.54) is 12.7 Å². The molecule has 0 spiro atoms. The van der Waals surface area contributed by atoms with Gasteiger partial charge in [0, 0.05) is 49.2 Å². The lowest BCUT2D eigenvalue weighted by atomic mass is 10.00. The molecule has 1 saturated heterocycles. The van der Waals surface area contributed by atoms with Gasteiger partial charge in [0.1, 0.15) is 0 Å². The maximum atomic E-state index is 12.0. The summed E-state index contributed by atoms with van der Waals surface area (Å²) >= 11 is 0. The number of carbonyl (C=O) groups is 1. The second-order valence-corrected chi connectivity index (χ2v) is 8.62. The highest BCUT2D eigenvalue weighted by atomic mass is 16.5. The van der Waals surface area contributed by atoms with Crippen LogP contribution in [0.15, 0.2) is 77.8 Å². The molecule has 0 radical (unpaired) electrons. The third kappa shape index (κ3) is 4.96. The fraction of sp³-hybridized carbons (Fsp3) is 0.214. The van der Waals surface area contributed by atoms with Gasteiger partial charge in [-0.2, -0.15) is 0 Å². The number of hydrogen-bond donors (Lipinski definition) is 3. The van der Waals surface area contributed by atoms with E-state index in [4.69, 9.17) is 9.73 Å². The van der Waals surface area contributed by atoms with Crippen LogP contribution in [0, 0.1) is 0 Å². The lowest BCUT2D eigenvalue weighted by Gasteiger charge is -2.27. The zero-order valence-corrected chi connectivity index (χ0v) is 19.6. The van der Waals surface area contributed by atoms with E-state index in [2.05, 4.69) is 27.3 Å². The number of methoxy groups -OCH3 is 1. The van der Waals surface area contributed by atoms with Crippen LogP contribution in [0.2, 0.25) is 0 Å². The minimum atomic E-state index is -0.430. The van der Waals surface area contributed by atoms with E-state index < -0.39 is 5.97 Å². The molecule has 0 amide bonds. The molecule has 5 rings (SSSR count). The molecule has 0 aliphatic carbocycles. The number of H-pyrrole nitrogens is 1. The number of nitrogens with zero attached hydrogens (tertiary/aromatic N) is 2. The number of carbonyl (C=O) groups excluding carboxylic acids is 1. The van der Waals surface area contributed by atoms with Crippen molar-refractivity contribution in [3.8, 4) is 5.88 Å². The van der Waals surface area contributed by atoms with Gasteiger partial charge in [-0.3, -0.25) is 4.90 Å². The summed E-state index contributed by atoms with van der Waals surface area (Å²) in [4.78, 5) is 22.4. The highest BCUT2D eigenvalue weighted by Crippen LogP contribution is 2.32. The standard InChI is InChI=1S/C28H28N4O3/c1-35-28(34)21-9-12-23-24(17-21)31-27(33)25(23)26(20-5-3-2-4-6-20)30-22-10-7-19(8-11-22)18-32-15-13-29-14-16-32/h2-12,17,29,31,33H,13-16,18H2,1H3. The molecule has 0 atom stereocenters. The van der Waals surface area contributed by atoms with Gasteiger partial charge in [0.05, 0.1) is 29.6 Å². The van der Waals surface area contributed by atoms with Crippen molar-refractivity contribution >= 4 is 28.3 Å². The van der Waals surface area contributed by atoms with Crippen LogP contribution in [0.1, 0.15) is 27.0 Å². The average molecular weight is 469 g/mol. The molecule has 7 heteroatoms. The van der Waals surface area contributed by atoms with Crippen LogP contribution in [0.4, 0.5) is 5.69 Å². The lowest BCUT2D eigenvalue weighted by molar-refractivity contribution is 0.0601. The molecule has 0 bridgehead atoms. The third-order valence-electron chi connectivity index (χ3n) is 6.28. The van der Waals surface area contributed by atoms with Gasteiger partial charge in [0.15, 0.2) is 5.88 Å². The molecule has 4 aromatic rings. The Bertz CT molecular complexity index is 1350. The minimum absolute atomic E-state index is 0.0000491. The number of aliphatic imine (C=N–C) groups is 1. The predicted molar refractivity (Wildman–Crippen MR) is 138 cm³/mol. The second-order valence-electron chi connectivity index (χ2n) is 8.62. The largest absolute Gasteiger partial charge is 0.494 e. The Kier molecular flexibility index (Phi) is 6.61. The summed E-state index contributed by atoms with van der Waals surface area (Å²) in [6.07, 6.45) is 0. The van der Waals surface area contributed by atoms with Crippen LogP contribution in [0.3, 0.4) is 0 Å². The molecule has 0 unspecified atom stereocenters. The molecule has 2 heterocycles. The van der Waals surface area contributed by atoms with E-state index in [-0.39, 0.29) is 5.88 Å². The molecule has 3 N–H and O–H groups in total. The van der Waals surface area contributed by atoms with Crippen LogP contribution in [0.25, 0.3) is 10.9 Å². The van der Waals surface area contributed by atoms with Gasteiger partial charge < -0.3 is 20.1 Å². The third-order valence-corrected chi connectivity index (χ3v) is 6.28. The van der Waals surface area contributed by atoms with E-state index in [0.717, 1.165) is 49.4 Å². The number of piperazine rings is 1. The first kappa shape index (κ1) is 22.8. The topological polar surface area (TPSA) is 89.9 Å². The number of fused-ring (bicyclic) bond motifs is 1. The molecule has 178 valence electrons. The fourth-order valence-electron chi connectivity index (χ4n) is 4.46. The number of rotatable bonds is 6. The molecule has 1 fully saturated rings. The summed E-state index contributed by atoms with van der Waals surface area (Å²) < 4.78 is 4.83. The number of aromatic amines is 1. The van der Waals surface area contributed by atoms with Crippen LogP contribution >= 0.6 is 0 Å². The van der Waals surface area contributed by atoms with Crippen molar-refractivity contribution in [1.29, 1.82) is 0 Å². The summed E-state index contributed by atoms with van der Waals surface area (Å²) in [5.41, 5.74) is 5.21. The van der Waals surface area contributed by atoms with Gasteiger partial charge in [-0.05, 0) is 29.8 Å². The monoisotopic (exact) mass is 468 g/mol. The van der Waals surface area contributed by atoms with Crippen molar-refractivity contribution in [2.75, 3.05) is 33.3 Å². The summed E-state index contributed by atoms with van der Waals surface area (Å²) in [6, 6.07) is 23.2. The Morgan fingerprint density at radius 3 is 2.46 bits per heavy atom. The van der Waals surface area contributed by atoms with Crippen molar-refractivity contribution in [1.82, 2.24) is 15.2 Å².